The highest BCUT2D eigenvalue weighted by Crippen LogP contribution is 2.32. The van der Waals surface area contributed by atoms with Gasteiger partial charge in [-0.3, -0.25) is 0 Å². The van der Waals surface area contributed by atoms with Crippen molar-refractivity contribution in [2.45, 2.75) is 52.5 Å². The first-order chi connectivity index (χ1) is 8.58. The van der Waals surface area contributed by atoms with Gasteiger partial charge in [-0.25, -0.2) is 4.98 Å². The number of halogens is 1. The summed E-state index contributed by atoms with van der Waals surface area (Å²) >= 11 is 3.50. The highest BCUT2D eigenvalue weighted by molar-refractivity contribution is 9.10. The molecule has 0 amide bonds. The molecule has 100 valence electrons. The molecule has 18 heavy (non-hydrogen) atoms. The van der Waals surface area contributed by atoms with Crippen LogP contribution < -0.4 is 5.32 Å². The fraction of sp³-hybridized carbons (Fsp3) is 0.667. The second-order valence-corrected chi connectivity index (χ2v) is 6.56. The second-order valence-electron chi connectivity index (χ2n) is 5.71. The molecule has 1 saturated carbocycles. The Balaban J connectivity index is 2.08. The highest BCUT2D eigenvalue weighted by Gasteiger charge is 2.27. The molecule has 0 spiro atoms. The van der Waals surface area contributed by atoms with Crippen LogP contribution in [-0.2, 0) is 0 Å². The molecular weight excluding hydrogens is 288 g/mol. The molecular formula is C15H23BrN2. The molecule has 0 aliphatic heterocycles. The van der Waals surface area contributed by atoms with Crippen LogP contribution >= 0.6 is 15.9 Å². The van der Waals surface area contributed by atoms with Gasteiger partial charge in [0.15, 0.2) is 0 Å². The maximum atomic E-state index is 4.60. The second kappa shape index (κ2) is 6.05. The third kappa shape index (κ3) is 3.25. The van der Waals surface area contributed by atoms with Crippen molar-refractivity contribution in [1.29, 1.82) is 0 Å². The molecule has 2 nitrogen and oxygen atoms in total. The molecule has 1 fully saturated rings. The van der Waals surface area contributed by atoms with Gasteiger partial charge in [0.2, 0.25) is 0 Å². The van der Waals surface area contributed by atoms with E-state index in [9.17, 15) is 0 Å². The van der Waals surface area contributed by atoms with E-state index >= 15 is 0 Å². The topological polar surface area (TPSA) is 24.9 Å². The van der Waals surface area contributed by atoms with Crippen molar-refractivity contribution in [2.75, 3.05) is 5.32 Å². The highest BCUT2D eigenvalue weighted by atomic mass is 79.9. The number of hydrogen-bond donors (Lipinski definition) is 1. The summed E-state index contributed by atoms with van der Waals surface area (Å²) in [5.74, 6) is 2.55. The lowest BCUT2D eigenvalue weighted by Crippen LogP contribution is -2.35. The first-order valence-corrected chi connectivity index (χ1v) is 7.77. The minimum atomic E-state index is 0.590. The normalized spacial score (nSPS) is 24.3. The Morgan fingerprint density at radius 2 is 2.00 bits per heavy atom. The summed E-state index contributed by atoms with van der Waals surface area (Å²) in [5, 5.41) is 3.65. The molecule has 1 aliphatic carbocycles. The zero-order valence-electron chi connectivity index (χ0n) is 11.5. The van der Waals surface area contributed by atoms with Gasteiger partial charge in [-0.2, -0.15) is 0 Å². The average Bonchev–Trinajstić information content (AvgIpc) is 2.34. The molecule has 1 aromatic heterocycles. The quantitative estimate of drug-likeness (QED) is 0.869. The number of pyridine rings is 1. The lowest BCUT2D eigenvalue weighted by molar-refractivity contribution is 0.253. The van der Waals surface area contributed by atoms with Gasteiger partial charge >= 0.3 is 0 Å². The number of rotatable bonds is 3. The van der Waals surface area contributed by atoms with Crippen molar-refractivity contribution in [3.8, 4) is 0 Å². The molecule has 2 unspecified atom stereocenters. The fourth-order valence-electron chi connectivity index (χ4n) is 2.95. The van der Waals surface area contributed by atoms with Gasteiger partial charge in [-0.15, -0.1) is 0 Å². The molecule has 1 N–H and O–H groups in total. The monoisotopic (exact) mass is 310 g/mol. The van der Waals surface area contributed by atoms with Crippen LogP contribution in [0.4, 0.5) is 5.82 Å². The Bertz CT molecular complexity index is 403. The van der Waals surface area contributed by atoms with Crippen LogP contribution in [0.2, 0.25) is 0 Å². The maximum Gasteiger partial charge on any atom is 0.126 e. The van der Waals surface area contributed by atoms with E-state index in [-0.39, 0.29) is 0 Å². The van der Waals surface area contributed by atoms with Gasteiger partial charge in [0, 0.05) is 10.5 Å². The summed E-state index contributed by atoms with van der Waals surface area (Å²) < 4.78 is 1.08. The van der Waals surface area contributed by atoms with Gasteiger partial charge in [0.05, 0.1) is 5.69 Å². The molecule has 0 aromatic carbocycles. The van der Waals surface area contributed by atoms with Crippen LogP contribution in [0, 0.1) is 18.8 Å². The zero-order chi connectivity index (χ0) is 13.1. The Labute approximate surface area is 119 Å². The van der Waals surface area contributed by atoms with Crippen molar-refractivity contribution in [3.05, 3.63) is 22.3 Å². The van der Waals surface area contributed by atoms with Crippen LogP contribution in [0.5, 0.6) is 0 Å². The van der Waals surface area contributed by atoms with Crippen molar-refractivity contribution in [1.82, 2.24) is 4.98 Å². The van der Waals surface area contributed by atoms with Gasteiger partial charge in [0.1, 0.15) is 5.82 Å². The first-order valence-electron chi connectivity index (χ1n) is 6.97. The fourth-order valence-corrected chi connectivity index (χ4v) is 3.17. The van der Waals surface area contributed by atoms with E-state index in [1.165, 1.54) is 25.7 Å². The Morgan fingerprint density at radius 1 is 1.28 bits per heavy atom. The third-order valence-electron chi connectivity index (χ3n) is 4.03. The predicted octanol–water partition coefficient (Wildman–Crippen LogP) is 4.78. The first kappa shape index (κ1) is 13.9. The van der Waals surface area contributed by atoms with Crippen molar-refractivity contribution in [2.24, 2.45) is 11.8 Å². The Hall–Kier alpha value is -0.570. The van der Waals surface area contributed by atoms with Crippen molar-refractivity contribution in [3.63, 3.8) is 0 Å². The van der Waals surface area contributed by atoms with Gasteiger partial charge in [0.25, 0.3) is 0 Å². The maximum absolute atomic E-state index is 4.60. The van der Waals surface area contributed by atoms with Gasteiger partial charge < -0.3 is 5.32 Å². The molecule has 1 heterocycles. The van der Waals surface area contributed by atoms with E-state index in [0.717, 1.165) is 27.8 Å². The van der Waals surface area contributed by atoms with Crippen LogP contribution in [0.1, 0.15) is 45.2 Å². The third-order valence-corrected chi connectivity index (χ3v) is 4.87. The summed E-state index contributed by atoms with van der Waals surface area (Å²) in [6.45, 7) is 6.71. The zero-order valence-corrected chi connectivity index (χ0v) is 13.1. The molecule has 2 atom stereocenters. The summed E-state index contributed by atoms with van der Waals surface area (Å²) in [6, 6.07) is 4.74. The standard InChI is InChI=1S/C15H23BrN2/c1-10(2)12-6-4-5-7-14(12)18-15-9-8-13(16)11(3)17-15/h8-10,12,14H,4-7H2,1-3H3,(H,17,18). The largest absolute Gasteiger partial charge is 0.367 e. The molecule has 0 bridgehead atoms. The smallest absolute Gasteiger partial charge is 0.126 e. The molecule has 2 rings (SSSR count). The van der Waals surface area contributed by atoms with Crippen molar-refractivity contribution < 1.29 is 0 Å². The predicted molar refractivity (Wildman–Crippen MR) is 80.9 cm³/mol. The van der Waals surface area contributed by atoms with E-state index in [0.29, 0.717) is 6.04 Å². The minimum absolute atomic E-state index is 0.590. The minimum Gasteiger partial charge on any atom is -0.367 e. The summed E-state index contributed by atoms with van der Waals surface area (Å²) in [6.07, 6.45) is 5.36. The number of nitrogens with zero attached hydrogens (tertiary/aromatic N) is 1. The van der Waals surface area contributed by atoms with Crippen LogP contribution in [0.15, 0.2) is 16.6 Å². The summed E-state index contributed by atoms with van der Waals surface area (Å²) in [5.41, 5.74) is 1.05. The lowest BCUT2D eigenvalue weighted by Gasteiger charge is -2.35. The molecule has 3 heteroatoms. The average molecular weight is 311 g/mol. The van der Waals surface area contributed by atoms with E-state index in [2.05, 4.69) is 52.2 Å². The van der Waals surface area contributed by atoms with E-state index in [1.54, 1.807) is 0 Å². The van der Waals surface area contributed by atoms with Crippen LogP contribution in [0.3, 0.4) is 0 Å². The molecule has 1 aliphatic rings. The lowest BCUT2D eigenvalue weighted by atomic mass is 9.78. The van der Waals surface area contributed by atoms with Gasteiger partial charge in [-0.1, -0.05) is 26.7 Å². The number of nitrogens with one attached hydrogen (secondary N) is 1. The summed E-state index contributed by atoms with van der Waals surface area (Å²) in [4.78, 5) is 4.60. The Kier molecular flexibility index (Phi) is 4.66. The molecule has 0 radical (unpaired) electrons. The van der Waals surface area contributed by atoms with Gasteiger partial charge in [-0.05, 0) is 59.7 Å². The SMILES string of the molecule is Cc1nc(NC2CCCCC2C(C)C)ccc1Br. The number of aromatic nitrogens is 1. The molecule has 1 aromatic rings. The van der Waals surface area contributed by atoms with E-state index in [4.69, 9.17) is 0 Å². The number of anilines is 1. The van der Waals surface area contributed by atoms with Crippen LogP contribution in [-0.4, -0.2) is 11.0 Å². The Morgan fingerprint density at radius 3 is 2.67 bits per heavy atom. The summed E-state index contributed by atoms with van der Waals surface area (Å²) in [7, 11) is 0. The number of aryl methyl sites for hydroxylation is 1. The van der Waals surface area contributed by atoms with E-state index < -0.39 is 0 Å². The number of hydrogen-bond acceptors (Lipinski definition) is 2. The van der Waals surface area contributed by atoms with Crippen molar-refractivity contribution >= 4 is 21.7 Å². The van der Waals surface area contributed by atoms with E-state index in [1.807, 2.05) is 6.92 Å². The van der Waals surface area contributed by atoms with Crippen LogP contribution in [0.25, 0.3) is 0 Å². The molecule has 0 saturated heterocycles.